The van der Waals surface area contributed by atoms with Crippen molar-refractivity contribution in [2.45, 2.75) is 43.4 Å². The zero-order valence-corrected chi connectivity index (χ0v) is 22.5. The molecule has 3 heterocycles. The van der Waals surface area contributed by atoms with Crippen LogP contribution in [0.4, 0.5) is 22.0 Å². The van der Waals surface area contributed by atoms with E-state index in [1.165, 1.54) is 24.3 Å². The predicted molar refractivity (Wildman–Crippen MR) is 145 cm³/mol. The number of nitrogens with zero attached hydrogens (tertiary/aromatic N) is 2. The second-order valence-electron chi connectivity index (χ2n) is 10.9. The van der Waals surface area contributed by atoms with Crippen LogP contribution in [-0.4, -0.2) is 48.0 Å². The van der Waals surface area contributed by atoms with Crippen LogP contribution in [0.1, 0.15) is 47.3 Å². The molecule has 2 aromatic heterocycles. The maximum absolute atomic E-state index is 14.5. The Balaban J connectivity index is 1.35. The highest BCUT2D eigenvalue weighted by atomic mass is 19.4. The fourth-order valence-corrected chi connectivity index (χ4v) is 4.98. The first-order valence-electron chi connectivity index (χ1n) is 13.5. The van der Waals surface area contributed by atoms with Crippen molar-refractivity contribution in [3.8, 4) is 22.8 Å². The Hall–Kier alpha value is -4.28. The molecule has 1 aliphatic carbocycles. The summed E-state index contributed by atoms with van der Waals surface area (Å²) in [6.07, 6.45) is -1.45. The van der Waals surface area contributed by atoms with Crippen molar-refractivity contribution >= 4 is 16.8 Å². The van der Waals surface area contributed by atoms with E-state index in [9.17, 15) is 26.7 Å². The Morgan fingerprint density at radius 1 is 1.17 bits per heavy atom. The smallest absolute Gasteiger partial charge is 0.398 e. The van der Waals surface area contributed by atoms with E-state index in [0.717, 1.165) is 25.0 Å². The zero-order valence-electron chi connectivity index (χ0n) is 22.5. The summed E-state index contributed by atoms with van der Waals surface area (Å²) in [5.74, 6) is -2.94. The van der Waals surface area contributed by atoms with Gasteiger partial charge in [0.05, 0.1) is 17.2 Å². The van der Waals surface area contributed by atoms with E-state index in [0.29, 0.717) is 22.2 Å². The molecule has 2 aromatic carbocycles. The third-order valence-corrected chi connectivity index (χ3v) is 7.56. The fraction of sp³-hybridized carbons (Fsp3) is 0.323. The Kier molecular flexibility index (Phi) is 6.98. The van der Waals surface area contributed by atoms with Crippen LogP contribution in [-0.2, 0) is 5.41 Å². The Morgan fingerprint density at radius 2 is 1.93 bits per heavy atom. The Labute approximate surface area is 237 Å². The van der Waals surface area contributed by atoms with Crippen molar-refractivity contribution in [3.05, 3.63) is 83.4 Å². The number of amides is 1. The number of aromatic nitrogens is 2. The number of pyridine rings is 2. The van der Waals surface area contributed by atoms with Gasteiger partial charge in [0.25, 0.3) is 5.91 Å². The molecule has 0 spiro atoms. The highest BCUT2D eigenvalue weighted by molar-refractivity contribution is 5.99. The predicted octanol–water partition coefficient (Wildman–Crippen LogP) is 6.67. The molecule has 0 radical (unpaired) electrons. The molecule has 1 saturated carbocycles. The van der Waals surface area contributed by atoms with Gasteiger partial charge >= 0.3 is 6.18 Å². The second kappa shape index (κ2) is 10.5. The third-order valence-electron chi connectivity index (χ3n) is 7.56. The van der Waals surface area contributed by atoms with Crippen LogP contribution in [0.15, 0.2) is 60.8 Å². The maximum Gasteiger partial charge on any atom is 0.398 e. The molecule has 0 bridgehead atoms. The van der Waals surface area contributed by atoms with Gasteiger partial charge in [0.2, 0.25) is 0 Å². The standard InChI is InChI=1S/C31H26F5N3O3/c1-30(15-32)16-41-28-22(30)13-24(39-27(28)17-4-6-20(33)7-5-17)23(31(34,35)36)14-38-29(40)19-11-18-3-2-10-37-26(18)25(12-19)42-21-8-9-21/h2-7,10-13,21,23H,8-9,14-16H2,1H3,(H,38,40). The number of fused-ring (bicyclic) bond motifs is 2. The lowest BCUT2D eigenvalue weighted by Gasteiger charge is -2.24. The van der Waals surface area contributed by atoms with Crippen molar-refractivity contribution in [1.82, 2.24) is 15.3 Å². The average molecular weight is 584 g/mol. The van der Waals surface area contributed by atoms with Crippen LogP contribution < -0.4 is 14.8 Å². The first kappa shape index (κ1) is 27.9. The van der Waals surface area contributed by atoms with E-state index < -0.39 is 48.1 Å². The number of alkyl halides is 4. The average Bonchev–Trinajstić information content (AvgIpc) is 3.73. The maximum atomic E-state index is 14.5. The third kappa shape index (κ3) is 5.35. The molecule has 1 amide bonds. The second-order valence-corrected chi connectivity index (χ2v) is 10.9. The number of halogens is 5. The Bertz CT molecular complexity index is 1660. The number of nitrogens with one attached hydrogen (secondary N) is 1. The minimum absolute atomic E-state index is 0.0169. The SMILES string of the molecule is CC1(CF)COc2c1cc(C(CNC(=O)c1cc(OC3CC3)c3ncccc3c1)C(F)(F)F)nc2-c1ccc(F)cc1. The van der Waals surface area contributed by atoms with E-state index in [-0.39, 0.29) is 35.3 Å². The minimum Gasteiger partial charge on any atom is -0.490 e. The molecule has 2 atom stereocenters. The molecule has 4 aromatic rings. The molecule has 2 aliphatic rings. The molecule has 218 valence electrons. The monoisotopic (exact) mass is 583 g/mol. The summed E-state index contributed by atoms with van der Waals surface area (Å²) in [7, 11) is 0. The van der Waals surface area contributed by atoms with Crippen molar-refractivity contribution in [2.24, 2.45) is 0 Å². The summed E-state index contributed by atoms with van der Waals surface area (Å²) >= 11 is 0. The van der Waals surface area contributed by atoms with E-state index in [4.69, 9.17) is 9.47 Å². The van der Waals surface area contributed by atoms with E-state index >= 15 is 0 Å². The van der Waals surface area contributed by atoms with Gasteiger partial charge in [0.15, 0.2) is 0 Å². The topological polar surface area (TPSA) is 73.3 Å². The highest BCUT2D eigenvalue weighted by Crippen LogP contribution is 2.47. The molecular weight excluding hydrogens is 557 g/mol. The van der Waals surface area contributed by atoms with Crippen molar-refractivity contribution < 1.29 is 36.2 Å². The summed E-state index contributed by atoms with van der Waals surface area (Å²) in [6.45, 7) is -0.235. The number of carbonyl (C=O) groups excluding carboxylic acids is 1. The van der Waals surface area contributed by atoms with Gasteiger partial charge in [-0.2, -0.15) is 13.2 Å². The minimum atomic E-state index is -4.81. The zero-order chi connectivity index (χ0) is 29.6. The first-order chi connectivity index (χ1) is 20.1. The number of ether oxygens (including phenoxy) is 2. The molecule has 1 aliphatic heterocycles. The van der Waals surface area contributed by atoms with Gasteiger partial charge in [0, 0.05) is 34.8 Å². The van der Waals surface area contributed by atoms with Crippen LogP contribution in [0.5, 0.6) is 11.5 Å². The van der Waals surface area contributed by atoms with Gasteiger partial charge in [-0.25, -0.2) is 13.8 Å². The molecule has 6 rings (SSSR count). The molecule has 1 fully saturated rings. The largest absolute Gasteiger partial charge is 0.490 e. The molecule has 42 heavy (non-hydrogen) atoms. The molecule has 11 heteroatoms. The first-order valence-corrected chi connectivity index (χ1v) is 13.5. The van der Waals surface area contributed by atoms with Gasteiger partial charge in [-0.05, 0) is 68.3 Å². The summed E-state index contributed by atoms with van der Waals surface area (Å²) in [6, 6.07) is 12.7. The molecule has 1 N–H and O–H groups in total. The lowest BCUT2D eigenvalue weighted by molar-refractivity contribution is -0.149. The quantitative estimate of drug-likeness (QED) is 0.235. The molecule has 2 unspecified atom stereocenters. The number of benzene rings is 2. The number of hydrogen-bond acceptors (Lipinski definition) is 5. The van der Waals surface area contributed by atoms with Crippen LogP contribution in [0.2, 0.25) is 0 Å². The van der Waals surface area contributed by atoms with Crippen LogP contribution >= 0.6 is 0 Å². The Morgan fingerprint density at radius 3 is 2.62 bits per heavy atom. The van der Waals surface area contributed by atoms with Crippen LogP contribution in [0, 0.1) is 5.82 Å². The van der Waals surface area contributed by atoms with Crippen molar-refractivity contribution in [2.75, 3.05) is 19.8 Å². The normalized spacial score (nSPS) is 18.8. The number of hydrogen-bond donors (Lipinski definition) is 1. The van der Waals surface area contributed by atoms with Crippen molar-refractivity contribution in [3.63, 3.8) is 0 Å². The van der Waals surface area contributed by atoms with Gasteiger partial charge in [0.1, 0.15) is 47.7 Å². The molecule has 0 saturated heterocycles. The lowest BCUT2D eigenvalue weighted by Crippen LogP contribution is -2.36. The highest BCUT2D eigenvalue weighted by Gasteiger charge is 2.45. The number of rotatable bonds is 8. The van der Waals surface area contributed by atoms with Crippen LogP contribution in [0.3, 0.4) is 0 Å². The van der Waals surface area contributed by atoms with E-state index in [1.807, 2.05) is 0 Å². The van der Waals surface area contributed by atoms with Gasteiger partial charge < -0.3 is 14.8 Å². The summed E-state index contributed by atoms with van der Waals surface area (Å²) in [4.78, 5) is 21.8. The lowest BCUT2D eigenvalue weighted by atomic mass is 9.84. The van der Waals surface area contributed by atoms with Gasteiger partial charge in [-0.3, -0.25) is 9.78 Å². The molecule has 6 nitrogen and oxygen atoms in total. The van der Waals surface area contributed by atoms with Gasteiger partial charge in [-0.1, -0.05) is 6.07 Å². The van der Waals surface area contributed by atoms with Crippen molar-refractivity contribution in [1.29, 1.82) is 0 Å². The van der Waals surface area contributed by atoms with Gasteiger partial charge in [-0.15, -0.1) is 0 Å². The van der Waals surface area contributed by atoms with E-state index in [1.54, 1.807) is 31.3 Å². The molecular formula is C31H26F5N3O3. The number of carbonyl (C=O) groups is 1. The summed E-state index contributed by atoms with van der Waals surface area (Å²) in [5, 5.41) is 3.02. The summed E-state index contributed by atoms with van der Waals surface area (Å²) < 4.78 is 82.9. The van der Waals surface area contributed by atoms with Crippen LogP contribution in [0.25, 0.3) is 22.2 Å². The fourth-order valence-electron chi connectivity index (χ4n) is 4.98. The van der Waals surface area contributed by atoms with E-state index in [2.05, 4.69) is 15.3 Å². The summed E-state index contributed by atoms with van der Waals surface area (Å²) in [5.41, 5.74) is -0.328.